The van der Waals surface area contributed by atoms with Gasteiger partial charge in [-0.3, -0.25) is 4.79 Å². The van der Waals surface area contributed by atoms with Crippen molar-refractivity contribution in [3.8, 4) is 0 Å². The maximum absolute atomic E-state index is 11.7. The summed E-state index contributed by atoms with van der Waals surface area (Å²) in [5.74, 6) is 0. The molecular formula is C12H15ClN2O3. The van der Waals surface area contributed by atoms with E-state index in [0.717, 1.165) is 31.6 Å². The van der Waals surface area contributed by atoms with Crippen LogP contribution in [0.4, 0.5) is 10.5 Å². The van der Waals surface area contributed by atoms with Crippen molar-refractivity contribution in [2.75, 3.05) is 18.4 Å². The number of carbonyl (C=O) groups is 2. The molecule has 1 aliphatic rings. The average molecular weight is 271 g/mol. The highest BCUT2D eigenvalue weighted by Gasteiger charge is 2.17. The first kappa shape index (κ1) is 14.3. The summed E-state index contributed by atoms with van der Waals surface area (Å²) in [5.41, 5.74) is 0.788. The number of carbonyl (C=O) groups excluding carboxylic acids is 1. The maximum atomic E-state index is 11.7. The van der Waals surface area contributed by atoms with Crippen LogP contribution in [0.3, 0.4) is 0 Å². The van der Waals surface area contributed by atoms with Gasteiger partial charge in [-0.1, -0.05) is 11.6 Å². The monoisotopic (exact) mass is 270 g/mol. The first-order chi connectivity index (χ1) is 8.67. The van der Waals surface area contributed by atoms with Crippen LogP contribution in [0.1, 0.15) is 12.8 Å². The number of carboxylic acid groups (broad SMARTS) is 1. The predicted molar refractivity (Wildman–Crippen MR) is 70.0 cm³/mol. The summed E-state index contributed by atoms with van der Waals surface area (Å²) >= 11 is 5.75. The van der Waals surface area contributed by atoms with Crippen molar-refractivity contribution >= 4 is 29.8 Å². The highest BCUT2D eigenvalue weighted by molar-refractivity contribution is 6.30. The van der Waals surface area contributed by atoms with E-state index in [4.69, 9.17) is 21.5 Å². The second-order valence-electron chi connectivity index (χ2n) is 3.74. The third kappa shape index (κ3) is 4.63. The number of hydrogen-bond acceptors (Lipinski definition) is 2. The van der Waals surface area contributed by atoms with Crippen LogP contribution in [0.5, 0.6) is 0 Å². The van der Waals surface area contributed by atoms with Crippen molar-refractivity contribution in [1.29, 1.82) is 0 Å². The molecular weight excluding hydrogens is 256 g/mol. The predicted octanol–water partition coefficient (Wildman–Crippen LogP) is 2.67. The number of benzene rings is 1. The summed E-state index contributed by atoms with van der Waals surface area (Å²) < 4.78 is 0. The molecule has 0 saturated carbocycles. The molecule has 0 aliphatic carbocycles. The number of likely N-dealkylation sites (tertiary alicyclic amines) is 1. The fourth-order valence-electron chi connectivity index (χ4n) is 1.66. The molecule has 0 unspecified atom stereocenters. The Kier molecular flexibility index (Phi) is 6.00. The first-order valence-corrected chi connectivity index (χ1v) is 5.94. The lowest BCUT2D eigenvalue weighted by molar-refractivity contribution is -0.122. The molecule has 2 N–H and O–H groups in total. The zero-order valence-electron chi connectivity index (χ0n) is 9.80. The maximum Gasteiger partial charge on any atom is 0.321 e. The third-order valence-electron chi connectivity index (χ3n) is 2.49. The Morgan fingerprint density at radius 1 is 1.28 bits per heavy atom. The van der Waals surface area contributed by atoms with Crippen LogP contribution >= 0.6 is 11.6 Å². The van der Waals surface area contributed by atoms with Crippen molar-refractivity contribution in [1.82, 2.24) is 4.90 Å². The standard InChI is InChI=1S/C11H13ClN2O.CH2O2/c12-9-3-5-10(6-4-9)13-11(15)14-7-1-2-8-14;2-1-3/h3-6H,1-2,7-8H2,(H,13,15);1H,(H,2,3). The molecule has 0 radical (unpaired) electrons. The van der Waals surface area contributed by atoms with E-state index in [2.05, 4.69) is 5.32 Å². The molecule has 0 aromatic heterocycles. The van der Waals surface area contributed by atoms with Gasteiger partial charge in [0.15, 0.2) is 0 Å². The van der Waals surface area contributed by atoms with Crippen LogP contribution in [0.15, 0.2) is 24.3 Å². The second-order valence-corrected chi connectivity index (χ2v) is 4.17. The lowest BCUT2D eigenvalue weighted by atomic mass is 10.3. The Labute approximate surface area is 110 Å². The van der Waals surface area contributed by atoms with Crippen molar-refractivity contribution < 1.29 is 14.7 Å². The summed E-state index contributed by atoms with van der Waals surface area (Å²) in [7, 11) is 0. The zero-order valence-corrected chi connectivity index (χ0v) is 10.6. The van der Waals surface area contributed by atoms with E-state index in [-0.39, 0.29) is 12.5 Å². The van der Waals surface area contributed by atoms with Crippen LogP contribution in [0, 0.1) is 0 Å². The van der Waals surface area contributed by atoms with Gasteiger partial charge in [-0.25, -0.2) is 4.79 Å². The zero-order chi connectivity index (χ0) is 13.4. The smallest absolute Gasteiger partial charge is 0.321 e. The van der Waals surface area contributed by atoms with Crippen molar-refractivity contribution in [3.63, 3.8) is 0 Å². The molecule has 18 heavy (non-hydrogen) atoms. The summed E-state index contributed by atoms with van der Waals surface area (Å²) in [5, 5.41) is 10.4. The topological polar surface area (TPSA) is 69.6 Å². The van der Waals surface area contributed by atoms with Gasteiger partial charge in [0.1, 0.15) is 0 Å². The van der Waals surface area contributed by atoms with Gasteiger partial charge in [0.05, 0.1) is 0 Å². The molecule has 1 aromatic carbocycles. The van der Waals surface area contributed by atoms with E-state index in [1.807, 2.05) is 4.90 Å². The second kappa shape index (κ2) is 7.55. The van der Waals surface area contributed by atoms with Gasteiger partial charge in [0.25, 0.3) is 6.47 Å². The Morgan fingerprint density at radius 2 is 1.78 bits per heavy atom. The molecule has 1 saturated heterocycles. The molecule has 6 heteroatoms. The number of anilines is 1. The van der Waals surface area contributed by atoms with E-state index >= 15 is 0 Å². The number of rotatable bonds is 1. The van der Waals surface area contributed by atoms with Crippen molar-refractivity contribution in [2.24, 2.45) is 0 Å². The molecule has 0 spiro atoms. The van der Waals surface area contributed by atoms with Crippen LogP contribution < -0.4 is 5.32 Å². The number of nitrogens with zero attached hydrogens (tertiary/aromatic N) is 1. The SMILES string of the molecule is O=C(Nc1ccc(Cl)cc1)N1CCCC1.O=CO. The molecule has 1 aliphatic heterocycles. The minimum atomic E-state index is -0.250. The molecule has 0 bridgehead atoms. The third-order valence-corrected chi connectivity index (χ3v) is 2.74. The lowest BCUT2D eigenvalue weighted by Gasteiger charge is -2.16. The fraction of sp³-hybridized carbons (Fsp3) is 0.333. The molecule has 0 atom stereocenters. The van der Waals surface area contributed by atoms with Crippen LogP contribution in [0.2, 0.25) is 5.02 Å². The Balaban J connectivity index is 0.000000492. The number of urea groups is 1. The van der Waals surface area contributed by atoms with E-state index in [1.165, 1.54) is 0 Å². The van der Waals surface area contributed by atoms with Gasteiger partial charge in [0.2, 0.25) is 0 Å². The molecule has 2 amide bonds. The molecule has 98 valence electrons. The molecule has 2 rings (SSSR count). The molecule has 1 fully saturated rings. The summed E-state index contributed by atoms with van der Waals surface area (Å²) in [6.45, 7) is 1.47. The highest BCUT2D eigenvalue weighted by atomic mass is 35.5. The summed E-state index contributed by atoms with van der Waals surface area (Å²) in [6.07, 6.45) is 2.21. The van der Waals surface area contributed by atoms with Crippen LogP contribution in [-0.2, 0) is 4.79 Å². The van der Waals surface area contributed by atoms with Gasteiger partial charge in [0, 0.05) is 23.8 Å². The van der Waals surface area contributed by atoms with Crippen LogP contribution in [0.25, 0.3) is 0 Å². The highest BCUT2D eigenvalue weighted by Crippen LogP contribution is 2.15. The van der Waals surface area contributed by atoms with Gasteiger partial charge >= 0.3 is 6.03 Å². The molecule has 5 nitrogen and oxygen atoms in total. The first-order valence-electron chi connectivity index (χ1n) is 5.56. The van der Waals surface area contributed by atoms with Gasteiger partial charge in [-0.2, -0.15) is 0 Å². The number of halogens is 1. The normalized spacial score (nSPS) is 13.5. The van der Waals surface area contributed by atoms with E-state index < -0.39 is 0 Å². The van der Waals surface area contributed by atoms with E-state index in [0.29, 0.717) is 5.02 Å². The average Bonchev–Trinajstić information content (AvgIpc) is 2.87. The Hall–Kier alpha value is -1.75. The van der Waals surface area contributed by atoms with Crippen molar-refractivity contribution in [3.05, 3.63) is 29.3 Å². The summed E-state index contributed by atoms with van der Waals surface area (Å²) in [6, 6.07) is 7.12. The number of amides is 2. The number of hydrogen-bond donors (Lipinski definition) is 2. The van der Waals surface area contributed by atoms with Gasteiger partial charge < -0.3 is 15.3 Å². The van der Waals surface area contributed by atoms with E-state index in [1.54, 1.807) is 24.3 Å². The largest absolute Gasteiger partial charge is 0.483 e. The van der Waals surface area contributed by atoms with Crippen molar-refractivity contribution in [2.45, 2.75) is 12.8 Å². The Bertz CT molecular complexity index is 389. The fourth-order valence-corrected chi connectivity index (χ4v) is 1.78. The van der Waals surface area contributed by atoms with Gasteiger partial charge in [-0.05, 0) is 37.1 Å². The minimum Gasteiger partial charge on any atom is -0.483 e. The molecule has 1 heterocycles. The number of nitrogens with one attached hydrogen (secondary N) is 1. The quantitative estimate of drug-likeness (QED) is 0.771. The lowest BCUT2D eigenvalue weighted by Crippen LogP contribution is -2.32. The summed E-state index contributed by atoms with van der Waals surface area (Å²) in [4.78, 5) is 21.9. The van der Waals surface area contributed by atoms with Gasteiger partial charge in [-0.15, -0.1) is 0 Å². The Morgan fingerprint density at radius 3 is 2.28 bits per heavy atom. The molecule has 1 aromatic rings. The minimum absolute atomic E-state index is 0.0187. The van der Waals surface area contributed by atoms with E-state index in [9.17, 15) is 4.79 Å². The van der Waals surface area contributed by atoms with Crippen LogP contribution in [-0.4, -0.2) is 35.6 Å².